The molecule has 110 valence electrons. The molecule has 1 amide bonds. The van der Waals surface area contributed by atoms with Crippen LogP contribution in [0.3, 0.4) is 0 Å². The zero-order valence-corrected chi connectivity index (χ0v) is 12.3. The number of ether oxygens (including phenoxy) is 1. The molecule has 21 heavy (non-hydrogen) atoms. The monoisotopic (exact) mass is 284 g/mol. The lowest BCUT2D eigenvalue weighted by atomic mass is 9.85. The molecule has 0 radical (unpaired) electrons. The molecule has 1 aromatic rings. The lowest BCUT2D eigenvalue weighted by Gasteiger charge is -2.42. The Morgan fingerprint density at radius 2 is 2.38 bits per heavy atom. The third kappa shape index (κ3) is 2.66. The number of nitrogens with zero attached hydrogens (tertiary/aromatic N) is 1. The van der Waals surface area contributed by atoms with Crippen LogP contribution in [0.15, 0.2) is 24.3 Å². The minimum absolute atomic E-state index is 0.146. The van der Waals surface area contributed by atoms with E-state index >= 15 is 0 Å². The lowest BCUT2D eigenvalue weighted by Crippen LogP contribution is -2.50. The van der Waals surface area contributed by atoms with Crippen molar-refractivity contribution in [1.82, 2.24) is 5.32 Å². The molecule has 1 aliphatic carbocycles. The van der Waals surface area contributed by atoms with E-state index < -0.39 is 5.60 Å². The highest BCUT2D eigenvalue weighted by Crippen LogP contribution is 2.42. The molecule has 4 nitrogen and oxygen atoms in total. The Morgan fingerprint density at radius 3 is 2.95 bits per heavy atom. The van der Waals surface area contributed by atoms with Crippen molar-refractivity contribution < 1.29 is 9.53 Å². The quantitative estimate of drug-likeness (QED) is 0.902. The maximum absolute atomic E-state index is 12.1. The Balaban J connectivity index is 1.67. The van der Waals surface area contributed by atoms with E-state index in [9.17, 15) is 4.79 Å². The Hall–Kier alpha value is -1.86. The van der Waals surface area contributed by atoms with E-state index in [4.69, 9.17) is 10.00 Å². The summed E-state index contributed by atoms with van der Waals surface area (Å²) in [5, 5.41) is 12.1. The van der Waals surface area contributed by atoms with Gasteiger partial charge in [0.2, 0.25) is 5.91 Å². The van der Waals surface area contributed by atoms with Gasteiger partial charge in [-0.1, -0.05) is 25.5 Å². The molecular formula is C17H20N2O2. The van der Waals surface area contributed by atoms with E-state index in [1.54, 1.807) is 6.07 Å². The van der Waals surface area contributed by atoms with Gasteiger partial charge < -0.3 is 10.1 Å². The highest BCUT2D eigenvalue weighted by Gasteiger charge is 2.44. The van der Waals surface area contributed by atoms with Gasteiger partial charge in [-0.05, 0) is 30.0 Å². The average molecular weight is 284 g/mol. The Labute approximate surface area is 125 Å². The Bertz CT molecular complexity index is 587. The molecule has 0 spiro atoms. The summed E-state index contributed by atoms with van der Waals surface area (Å²) in [5.41, 5.74) is 1.16. The zero-order valence-electron chi connectivity index (χ0n) is 12.3. The molecule has 4 heteroatoms. The van der Waals surface area contributed by atoms with Crippen molar-refractivity contribution in [1.29, 1.82) is 5.26 Å². The van der Waals surface area contributed by atoms with Gasteiger partial charge in [-0.25, -0.2) is 0 Å². The van der Waals surface area contributed by atoms with Gasteiger partial charge in [0, 0.05) is 12.3 Å². The van der Waals surface area contributed by atoms with Crippen molar-refractivity contribution in [3.63, 3.8) is 0 Å². The molecule has 0 bridgehead atoms. The van der Waals surface area contributed by atoms with E-state index in [1.807, 2.05) is 18.2 Å². The van der Waals surface area contributed by atoms with Gasteiger partial charge in [-0.2, -0.15) is 5.26 Å². The van der Waals surface area contributed by atoms with Crippen molar-refractivity contribution in [2.24, 2.45) is 11.8 Å². The van der Waals surface area contributed by atoms with Crippen LogP contribution in [-0.4, -0.2) is 19.1 Å². The molecule has 3 rings (SSSR count). The second-order valence-electron chi connectivity index (χ2n) is 6.01. The molecule has 1 aromatic carbocycles. The summed E-state index contributed by atoms with van der Waals surface area (Å²) in [5.74, 6) is 0.899. The highest BCUT2D eigenvalue weighted by molar-refractivity contribution is 5.81. The number of hydrogen-bond acceptors (Lipinski definition) is 3. The van der Waals surface area contributed by atoms with Crippen LogP contribution in [0.2, 0.25) is 0 Å². The van der Waals surface area contributed by atoms with Crippen molar-refractivity contribution in [3.05, 3.63) is 35.4 Å². The summed E-state index contributed by atoms with van der Waals surface area (Å²) < 4.78 is 5.78. The third-order valence-corrected chi connectivity index (χ3v) is 4.73. The van der Waals surface area contributed by atoms with Gasteiger partial charge in [-0.3, -0.25) is 4.79 Å². The number of amides is 1. The fraction of sp³-hybridized carbons (Fsp3) is 0.529. The van der Waals surface area contributed by atoms with Gasteiger partial charge in [0.1, 0.15) is 5.60 Å². The maximum Gasteiger partial charge on any atom is 0.223 e. The highest BCUT2D eigenvalue weighted by atomic mass is 16.5. The molecular weight excluding hydrogens is 264 g/mol. The van der Waals surface area contributed by atoms with Crippen LogP contribution >= 0.6 is 0 Å². The number of rotatable bonds is 5. The number of benzene rings is 1. The number of carbonyl (C=O) groups excluding carboxylic acids is 1. The van der Waals surface area contributed by atoms with Crippen molar-refractivity contribution in [2.75, 3.05) is 13.2 Å². The van der Waals surface area contributed by atoms with Gasteiger partial charge in [-0.15, -0.1) is 0 Å². The number of hydrogen-bond donors (Lipinski definition) is 1. The summed E-state index contributed by atoms with van der Waals surface area (Å²) >= 11 is 0. The molecule has 2 fully saturated rings. The fourth-order valence-electron chi connectivity index (χ4n) is 3.07. The fourth-order valence-corrected chi connectivity index (χ4v) is 3.07. The first kappa shape index (κ1) is 14.1. The topological polar surface area (TPSA) is 62.1 Å². The second-order valence-corrected chi connectivity index (χ2v) is 6.01. The van der Waals surface area contributed by atoms with Crippen LogP contribution in [0.5, 0.6) is 0 Å². The first-order chi connectivity index (χ1) is 10.2. The summed E-state index contributed by atoms with van der Waals surface area (Å²) in [6.07, 6.45) is 2.97. The van der Waals surface area contributed by atoms with Crippen LogP contribution < -0.4 is 5.32 Å². The summed E-state index contributed by atoms with van der Waals surface area (Å²) in [6, 6.07) is 9.63. The number of nitriles is 1. The van der Waals surface area contributed by atoms with Crippen molar-refractivity contribution in [3.8, 4) is 6.07 Å². The lowest BCUT2D eigenvalue weighted by molar-refractivity contribution is -0.155. The molecule has 2 unspecified atom stereocenters. The van der Waals surface area contributed by atoms with Crippen molar-refractivity contribution >= 4 is 5.91 Å². The van der Waals surface area contributed by atoms with Crippen LogP contribution in [-0.2, 0) is 15.1 Å². The van der Waals surface area contributed by atoms with Gasteiger partial charge in [0.15, 0.2) is 0 Å². The van der Waals surface area contributed by atoms with Crippen molar-refractivity contribution in [2.45, 2.75) is 31.8 Å². The Kier molecular flexibility index (Phi) is 3.69. The number of nitrogens with one attached hydrogen (secondary N) is 1. The normalized spacial score (nSPS) is 30.1. The van der Waals surface area contributed by atoms with E-state index in [0.717, 1.165) is 24.8 Å². The van der Waals surface area contributed by atoms with E-state index in [0.29, 0.717) is 24.6 Å². The SMILES string of the molecule is CCC1CC1C(=O)NC[C@@]1(c2cccc(C#N)c2)CCO1. The van der Waals surface area contributed by atoms with Gasteiger partial charge in [0.25, 0.3) is 0 Å². The summed E-state index contributed by atoms with van der Waals surface area (Å²) in [7, 11) is 0. The molecule has 1 saturated carbocycles. The number of carbonyl (C=O) groups is 1. The van der Waals surface area contributed by atoms with Gasteiger partial charge >= 0.3 is 0 Å². The molecule has 1 saturated heterocycles. The minimum Gasteiger partial charge on any atom is -0.368 e. The van der Waals surface area contributed by atoms with E-state index in [1.165, 1.54) is 0 Å². The summed E-state index contributed by atoms with van der Waals surface area (Å²) in [6.45, 7) is 3.32. The van der Waals surface area contributed by atoms with Crippen LogP contribution in [0.1, 0.15) is 37.3 Å². The molecule has 1 N–H and O–H groups in total. The van der Waals surface area contributed by atoms with E-state index in [-0.39, 0.29) is 11.8 Å². The third-order valence-electron chi connectivity index (χ3n) is 4.73. The predicted molar refractivity (Wildman–Crippen MR) is 78.3 cm³/mol. The first-order valence-corrected chi connectivity index (χ1v) is 7.61. The molecule has 3 atom stereocenters. The van der Waals surface area contributed by atoms with Gasteiger partial charge in [0.05, 0.1) is 24.8 Å². The first-order valence-electron chi connectivity index (χ1n) is 7.61. The maximum atomic E-state index is 12.1. The Morgan fingerprint density at radius 1 is 1.57 bits per heavy atom. The zero-order chi connectivity index (χ0) is 14.9. The summed E-state index contributed by atoms with van der Waals surface area (Å²) in [4.78, 5) is 12.1. The minimum atomic E-state index is -0.445. The largest absolute Gasteiger partial charge is 0.368 e. The van der Waals surface area contributed by atoms with Crippen LogP contribution in [0.4, 0.5) is 0 Å². The van der Waals surface area contributed by atoms with Crippen LogP contribution in [0.25, 0.3) is 0 Å². The average Bonchev–Trinajstić information content (AvgIpc) is 3.26. The molecule has 1 heterocycles. The van der Waals surface area contributed by atoms with E-state index in [2.05, 4.69) is 18.3 Å². The second kappa shape index (κ2) is 5.50. The molecule has 0 aromatic heterocycles. The smallest absolute Gasteiger partial charge is 0.223 e. The standard InChI is InChI=1S/C17H20N2O2/c1-2-13-9-15(13)16(20)19-11-17(6-7-21-17)14-5-3-4-12(8-14)10-18/h3-5,8,13,15H,2,6-7,9,11H2,1H3,(H,19,20)/t13?,15?,17-/m1/s1. The molecule has 2 aliphatic rings. The molecule has 1 aliphatic heterocycles. The predicted octanol–water partition coefficient (Wildman–Crippen LogP) is 2.34. The van der Waals surface area contributed by atoms with Crippen LogP contribution in [0, 0.1) is 23.2 Å².